The average Bonchev–Trinajstić information content (AvgIpc) is 1.87. The Labute approximate surface area is 69.6 Å². The summed E-state index contributed by atoms with van der Waals surface area (Å²) in [5, 5.41) is 0.0434. The van der Waals surface area contributed by atoms with Gasteiger partial charge in [-0.25, -0.2) is 0 Å². The molecule has 1 atom stereocenters. The zero-order chi connectivity index (χ0) is 8.54. The normalized spacial score (nSPS) is 30.9. The molecule has 0 saturated heterocycles. The third-order valence-corrected chi connectivity index (χ3v) is 5.82. The molecule has 11 heavy (non-hydrogen) atoms. The van der Waals surface area contributed by atoms with Gasteiger partial charge in [-0.1, -0.05) is 31.2 Å². The topological polar surface area (TPSA) is 20.2 Å². The fourth-order valence-electron chi connectivity index (χ4n) is 1.18. The maximum Gasteiger partial charge on any atom is 0.192 e. The quantitative estimate of drug-likeness (QED) is 0.596. The molecule has 1 nitrogen and oxygen atoms in total. The van der Waals surface area contributed by atoms with Crippen LogP contribution < -0.4 is 0 Å². The van der Waals surface area contributed by atoms with Gasteiger partial charge in [-0.05, 0) is 19.5 Å². The molecule has 0 heterocycles. The lowest BCUT2D eigenvalue weighted by atomic mass is 10.0. The summed E-state index contributed by atoms with van der Waals surface area (Å²) in [5.41, 5.74) is 0. The standard InChI is InChI=1S/C9H16OSi/c1-9(11(2,3)10)7-5-4-6-8-9/h4-7,10H,8H2,1-3H3. The summed E-state index contributed by atoms with van der Waals surface area (Å²) in [4.78, 5) is 9.96. The molecule has 0 fully saturated rings. The smallest absolute Gasteiger partial charge is 0.192 e. The Hall–Kier alpha value is -0.343. The van der Waals surface area contributed by atoms with Crippen molar-refractivity contribution in [2.24, 2.45) is 0 Å². The van der Waals surface area contributed by atoms with Crippen molar-refractivity contribution in [3.05, 3.63) is 24.3 Å². The summed E-state index contributed by atoms with van der Waals surface area (Å²) in [6.07, 6.45) is 9.33. The van der Waals surface area contributed by atoms with E-state index in [0.29, 0.717) is 0 Å². The lowest BCUT2D eigenvalue weighted by Gasteiger charge is -2.36. The Morgan fingerprint density at radius 3 is 2.27 bits per heavy atom. The minimum Gasteiger partial charge on any atom is -0.431 e. The van der Waals surface area contributed by atoms with Crippen LogP contribution in [0, 0.1) is 0 Å². The van der Waals surface area contributed by atoms with Crippen LogP contribution in [0.2, 0.25) is 18.1 Å². The van der Waals surface area contributed by atoms with Crippen molar-refractivity contribution in [3.63, 3.8) is 0 Å². The first-order chi connectivity index (χ1) is 4.96. The second-order valence-electron chi connectivity index (χ2n) is 3.97. The minimum atomic E-state index is -2.02. The SMILES string of the molecule is CC1([Si](C)(C)O)C=CC=CC1. The first-order valence-corrected chi connectivity index (χ1v) is 6.97. The van der Waals surface area contributed by atoms with Gasteiger partial charge >= 0.3 is 0 Å². The van der Waals surface area contributed by atoms with Crippen molar-refractivity contribution in [2.45, 2.75) is 31.5 Å². The fourth-order valence-corrected chi connectivity index (χ4v) is 2.30. The van der Waals surface area contributed by atoms with Crippen molar-refractivity contribution in [2.75, 3.05) is 0 Å². The van der Waals surface area contributed by atoms with Crippen molar-refractivity contribution in [1.82, 2.24) is 0 Å². The van der Waals surface area contributed by atoms with Gasteiger partial charge in [0.05, 0.1) is 0 Å². The van der Waals surface area contributed by atoms with E-state index >= 15 is 0 Å². The molecule has 1 N–H and O–H groups in total. The van der Waals surface area contributed by atoms with E-state index in [9.17, 15) is 4.80 Å². The van der Waals surface area contributed by atoms with Gasteiger partial charge in [0.1, 0.15) is 0 Å². The maximum atomic E-state index is 9.96. The van der Waals surface area contributed by atoms with Gasteiger partial charge in [0.15, 0.2) is 8.32 Å². The molecule has 0 spiro atoms. The first-order valence-electron chi connectivity index (χ1n) is 4.02. The Bertz CT molecular complexity index is 200. The molecule has 1 unspecified atom stereocenters. The van der Waals surface area contributed by atoms with Crippen LogP contribution in [0.1, 0.15) is 13.3 Å². The second-order valence-corrected chi connectivity index (χ2v) is 8.23. The van der Waals surface area contributed by atoms with Gasteiger partial charge in [-0.15, -0.1) is 0 Å². The van der Waals surface area contributed by atoms with Crippen molar-refractivity contribution >= 4 is 8.32 Å². The highest BCUT2D eigenvalue weighted by molar-refractivity contribution is 6.73. The Kier molecular flexibility index (Phi) is 2.08. The van der Waals surface area contributed by atoms with Gasteiger partial charge in [0.25, 0.3) is 0 Å². The van der Waals surface area contributed by atoms with Crippen LogP contribution in [0.4, 0.5) is 0 Å². The zero-order valence-electron chi connectivity index (χ0n) is 7.46. The molecule has 0 aromatic carbocycles. The zero-order valence-corrected chi connectivity index (χ0v) is 8.46. The van der Waals surface area contributed by atoms with E-state index in [4.69, 9.17) is 0 Å². The highest BCUT2D eigenvalue weighted by Gasteiger charge is 2.39. The van der Waals surface area contributed by atoms with Crippen molar-refractivity contribution in [3.8, 4) is 0 Å². The molecular weight excluding hydrogens is 152 g/mol. The molecule has 0 radical (unpaired) electrons. The average molecular weight is 168 g/mol. The van der Waals surface area contributed by atoms with E-state index in [1.807, 2.05) is 25.2 Å². The first kappa shape index (κ1) is 8.75. The van der Waals surface area contributed by atoms with Crippen LogP contribution >= 0.6 is 0 Å². The number of allylic oxidation sites excluding steroid dienone is 4. The molecule has 0 aromatic rings. The largest absolute Gasteiger partial charge is 0.431 e. The van der Waals surface area contributed by atoms with Crippen LogP contribution in [0.25, 0.3) is 0 Å². The predicted octanol–water partition coefficient (Wildman–Crippen LogP) is 2.46. The van der Waals surface area contributed by atoms with E-state index < -0.39 is 8.32 Å². The monoisotopic (exact) mass is 168 g/mol. The Morgan fingerprint density at radius 1 is 1.36 bits per heavy atom. The van der Waals surface area contributed by atoms with E-state index in [2.05, 4.69) is 19.1 Å². The molecule has 1 aliphatic rings. The lowest BCUT2D eigenvalue weighted by molar-refractivity contribution is 0.492. The summed E-state index contributed by atoms with van der Waals surface area (Å²) in [7, 11) is -2.02. The maximum absolute atomic E-state index is 9.96. The summed E-state index contributed by atoms with van der Waals surface area (Å²) >= 11 is 0. The molecule has 0 amide bonds. The predicted molar refractivity (Wildman–Crippen MR) is 51.0 cm³/mol. The fraction of sp³-hybridized carbons (Fsp3) is 0.556. The third kappa shape index (κ3) is 1.63. The molecule has 0 saturated carbocycles. The van der Waals surface area contributed by atoms with Crippen LogP contribution in [0.3, 0.4) is 0 Å². The van der Waals surface area contributed by atoms with E-state index in [1.165, 1.54) is 0 Å². The highest BCUT2D eigenvalue weighted by Crippen LogP contribution is 2.42. The van der Waals surface area contributed by atoms with E-state index in [1.54, 1.807) is 0 Å². The van der Waals surface area contributed by atoms with Crippen LogP contribution in [0.15, 0.2) is 24.3 Å². The van der Waals surface area contributed by atoms with Gasteiger partial charge in [0.2, 0.25) is 0 Å². The minimum absolute atomic E-state index is 0.0434. The number of hydrogen-bond donors (Lipinski definition) is 1. The summed E-state index contributed by atoms with van der Waals surface area (Å²) in [6.45, 7) is 6.13. The van der Waals surface area contributed by atoms with Crippen LogP contribution in [0.5, 0.6) is 0 Å². The summed E-state index contributed by atoms with van der Waals surface area (Å²) in [5.74, 6) is 0. The molecular formula is C9H16OSi. The van der Waals surface area contributed by atoms with Crippen LogP contribution in [-0.4, -0.2) is 13.1 Å². The highest BCUT2D eigenvalue weighted by atomic mass is 28.4. The van der Waals surface area contributed by atoms with E-state index in [-0.39, 0.29) is 5.04 Å². The van der Waals surface area contributed by atoms with Gasteiger partial charge < -0.3 is 4.80 Å². The molecule has 62 valence electrons. The van der Waals surface area contributed by atoms with Gasteiger partial charge in [-0.2, -0.15) is 0 Å². The Morgan fingerprint density at radius 2 is 2.00 bits per heavy atom. The second kappa shape index (κ2) is 2.61. The molecule has 2 heteroatoms. The Balaban J connectivity index is 2.84. The summed E-state index contributed by atoms with van der Waals surface area (Å²) in [6, 6.07) is 0. The lowest BCUT2D eigenvalue weighted by Crippen LogP contribution is -2.39. The third-order valence-electron chi connectivity index (χ3n) is 2.65. The molecule has 0 bridgehead atoms. The van der Waals surface area contributed by atoms with Gasteiger partial charge in [0, 0.05) is 5.04 Å². The molecule has 0 aromatic heterocycles. The number of hydrogen-bond acceptors (Lipinski definition) is 1. The van der Waals surface area contributed by atoms with Gasteiger partial charge in [-0.3, -0.25) is 0 Å². The number of rotatable bonds is 1. The van der Waals surface area contributed by atoms with Crippen molar-refractivity contribution in [1.29, 1.82) is 0 Å². The molecule has 1 rings (SSSR count). The molecule has 1 aliphatic carbocycles. The van der Waals surface area contributed by atoms with E-state index in [0.717, 1.165) is 6.42 Å². The summed E-state index contributed by atoms with van der Waals surface area (Å²) < 4.78 is 0. The van der Waals surface area contributed by atoms with Crippen molar-refractivity contribution < 1.29 is 4.80 Å². The van der Waals surface area contributed by atoms with Crippen LogP contribution in [-0.2, 0) is 0 Å². The molecule has 0 aliphatic heterocycles.